The first-order chi connectivity index (χ1) is 11.5. The number of hydrogen-bond donors (Lipinski definition) is 0. The van der Waals surface area contributed by atoms with Crippen molar-refractivity contribution >= 4 is 20.9 Å². The van der Waals surface area contributed by atoms with E-state index in [1.165, 1.54) is 3.97 Å². The lowest BCUT2D eigenvalue weighted by atomic mass is 10.3. The molecule has 0 spiro atoms. The SMILES string of the molecule is CN(C)CCOc1cccc(S(=O)(=O)n2ccc3ccccc32)c1. The van der Waals surface area contributed by atoms with Gasteiger partial charge in [0.05, 0.1) is 10.4 Å². The molecule has 0 bridgehead atoms. The van der Waals surface area contributed by atoms with E-state index in [-0.39, 0.29) is 4.90 Å². The zero-order chi connectivity index (χ0) is 17.2. The minimum absolute atomic E-state index is 0.214. The second-order valence-electron chi connectivity index (χ2n) is 5.80. The highest BCUT2D eigenvalue weighted by molar-refractivity contribution is 7.90. The van der Waals surface area contributed by atoms with Crippen LogP contribution in [0.15, 0.2) is 65.7 Å². The lowest BCUT2D eigenvalue weighted by molar-refractivity contribution is 0.261. The fraction of sp³-hybridized carbons (Fsp3) is 0.222. The average molecular weight is 344 g/mol. The Morgan fingerprint density at radius 2 is 1.83 bits per heavy atom. The zero-order valence-electron chi connectivity index (χ0n) is 13.7. The fourth-order valence-corrected chi connectivity index (χ4v) is 3.84. The Kier molecular flexibility index (Phi) is 4.59. The molecule has 0 saturated carbocycles. The Balaban J connectivity index is 1.92. The first-order valence-electron chi connectivity index (χ1n) is 7.68. The molecule has 126 valence electrons. The van der Waals surface area contributed by atoms with Crippen LogP contribution in [0.1, 0.15) is 0 Å². The summed E-state index contributed by atoms with van der Waals surface area (Å²) in [5, 5.41) is 0.888. The molecule has 0 aliphatic heterocycles. The van der Waals surface area contributed by atoms with E-state index in [1.54, 1.807) is 42.6 Å². The molecule has 5 nitrogen and oxygen atoms in total. The summed E-state index contributed by atoms with van der Waals surface area (Å²) in [6, 6.07) is 15.8. The van der Waals surface area contributed by atoms with Gasteiger partial charge in [0.1, 0.15) is 12.4 Å². The Bertz CT molecular complexity index is 946. The predicted molar refractivity (Wildman–Crippen MR) is 95.0 cm³/mol. The lowest BCUT2D eigenvalue weighted by Crippen LogP contribution is -2.19. The third kappa shape index (κ3) is 3.29. The van der Waals surface area contributed by atoms with Crippen molar-refractivity contribution in [2.24, 2.45) is 0 Å². The van der Waals surface area contributed by atoms with Crippen molar-refractivity contribution in [1.29, 1.82) is 0 Å². The number of benzene rings is 2. The number of para-hydroxylation sites is 1. The first kappa shape index (κ1) is 16.5. The molecule has 6 heteroatoms. The summed E-state index contributed by atoms with van der Waals surface area (Å²) in [5.41, 5.74) is 0.663. The molecule has 0 atom stereocenters. The van der Waals surface area contributed by atoms with E-state index in [0.717, 1.165) is 11.9 Å². The van der Waals surface area contributed by atoms with Crippen molar-refractivity contribution in [3.63, 3.8) is 0 Å². The van der Waals surface area contributed by atoms with Gasteiger partial charge in [-0.15, -0.1) is 0 Å². The molecular weight excluding hydrogens is 324 g/mol. The Labute approximate surface area is 142 Å². The van der Waals surface area contributed by atoms with Crippen LogP contribution < -0.4 is 4.74 Å². The van der Waals surface area contributed by atoms with Crippen LogP contribution in [0.4, 0.5) is 0 Å². The minimum Gasteiger partial charge on any atom is -0.492 e. The van der Waals surface area contributed by atoms with Crippen LogP contribution in [0, 0.1) is 0 Å². The molecule has 24 heavy (non-hydrogen) atoms. The second kappa shape index (κ2) is 6.67. The van der Waals surface area contributed by atoms with Gasteiger partial charge in [0.2, 0.25) is 0 Å². The molecule has 0 N–H and O–H groups in total. The van der Waals surface area contributed by atoms with Gasteiger partial charge < -0.3 is 9.64 Å². The Morgan fingerprint density at radius 3 is 2.62 bits per heavy atom. The van der Waals surface area contributed by atoms with Gasteiger partial charge in [-0.3, -0.25) is 0 Å². The molecule has 0 radical (unpaired) electrons. The van der Waals surface area contributed by atoms with Gasteiger partial charge in [0.25, 0.3) is 10.0 Å². The Morgan fingerprint density at radius 1 is 1.04 bits per heavy atom. The van der Waals surface area contributed by atoms with Gasteiger partial charge in [-0.05, 0) is 38.4 Å². The number of aromatic nitrogens is 1. The minimum atomic E-state index is -3.66. The van der Waals surface area contributed by atoms with Crippen LogP contribution in [0.2, 0.25) is 0 Å². The maximum Gasteiger partial charge on any atom is 0.268 e. The molecule has 0 saturated heterocycles. The van der Waals surface area contributed by atoms with Gasteiger partial charge in [0, 0.05) is 24.2 Å². The fourth-order valence-electron chi connectivity index (χ4n) is 2.45. The summed E-state index contributed by atoms with van der Waals surface area (Å²) >= 11 is 0. The number of rotatable bonds is 6. The van der Waals surface area contributed by atoms with Crippen LogP contribution in [0.5, 0.6) is 5.75 Å². The van der Waals surface area contributed by atoms with E-state index >= 15 is 0 Å². The maximum atomic E-state index is 12.9. The predicted octanol–water partition coefficient (Wildman–Crippen LogP) is 2.82. The van der Waals surface area contributed by atoms with E-state index in [4.69, 9.17) is 4.74 Å². The van der Waals surface area contributed by atoms with Crippen LogP contribution in [0.3, 0.4) is 0 Å². The van der Waals surface area contributed by atoms with Crippen LogP contribution in [0.25, 0.3) is 10.9 Å². The summed E-state index contributed by atoms with van der Waals surface area (Å²) < 4.78 is 32.8. The summed E-state index contributed by atoms with van der Waals surface area (Å²) in [5.74, 6) is 0.550. The molecule has 1 heterocycles. The number of fused-ring (bicyclic) bond motifs is 1. The standard InChI is InChI=1S/C18H20N2O3S/c1-19(2)12-13-23-16-7-5-8-17(14-16)24(21,22)20-11-10-15-6-3-4-9-18(15)20/h3-11,14H,12-13H2,1-2H3. The summed E-state index contributed by atoms with van der Waals surface area (Å²) in [6.45, 7) is 1.27. The van der Waals surface area contributed by atoms with E-state index in [1.807, 2.05) is 37.2 Å². The molecule has 0 amide bonds. The van der Waals surface area contributed by atoms with Crippen molar-refractivity contribution in [2.75, 3.05) is 27.2 Å². The number of ether oxygens (including phenoxy) is 1. The lowest BCUT2D eigenvalue weighted by Gasteiger charge is -2.12. The van der Waals surface area contributed by atoms with Gasteiger partial charge in [-0.25, -0.2) is 12.4 Å². The topological polar surface area (TPSA) is 51.5 Å². The molecule has 0 fully saturated rings. The van der Waals surface area contributed by atoms with E-state index in [0.29, 0.717) is 17.9 Å². The highest BCUT2D eigenvalue weighted by Crippen LogP contribution is 2.24. The van der Waals surface area contributed by atoms with E-state index < -0.39 is 10.0 Å². The molecule has 0 unspecified atom stereocenters. The van der Waals surface area contributed by atoms with Crippen LogP contribution >= 0.6 is 0 Å². The highest BCUT2D eigenvalue weighted by atomic mass is 32.2. The maximum absolute atomic E-state index is 12.9. The molecule has 1 aromatic heterocycles. The summed E-state index contributed by atoms with van der Waals surface area (Å²) in [7, 11) is 0.260. The van der Waals surface area contributed by atoms with Crippen LogP contribution in [-0.2, 0) is 10.0 Å². The third-order valence-electron chi connectivity index (χ3n) is 3.73. The highest BCUT2D eigenvalue weighted by Gasteiger charge is 2.19. The van der Waals surface area contributed by atoms with Gasteiger partial charge in [-0.1, -0.05) is 24.3 Å². The molecular formula is C18H20N2O3S. The van der Waals surface area contributed by atoms with Crippen LogP contribution in [-0.4, -0.2) is 44.5 Å². The van der Waals surface area contributed by atoms with Gasteiger partial charge in [-0.2, -0.15) is 0 Å². The third-order valence-corrected chi connectivity index (χ3v) is 5.42. The largest absolute Gasteiger partial charge is 0.492 e. The monoisotopic (exact) mass is 344 g/mol. The number of hydrogen-bond acceptors (Lipinski definition) is 4. The van der Waals surface area contributed by atoms with E-state index in [2.05, 4.69) is 0 Å². The van der Waals surface area contributed by atoms with Gasteiger partial charge in [0.15, 0.2) is 0 Å². The molecule has 2 aromatic carbocycles. The van der Waals surface area contributed by atoms with Crippen molar-refractivity contribution < 1.29 is 13.2 Å². The zero-order valence-corrected chi connectivity index (χ0v) is 14.5. The van der Waals surface area contributed by atoms with Crippen molar-refractivity contribution in [2.45, 2.75) is 4.90 Å². The number of nitrogens with zero attached hydrogens (tertiary/aromatic N) is 2. The quantitative estimate of drug-likeness (QED) is 0.690. The van der Waals surface area contributed by atoms with Crippen molar-refractivity contribution in [1.82, 2.24) is 8.87 Å². The molecule has 0 aliphatic rings. The molecule has 0 aliphatic carbocycles. The van der Waals surface area contributed by atoms with Gasteiger partial charge >= 0.3 is 0 Å². The second-order valence-corrected chi connectivity index (χ2v) is 7.62. The molecule has 3 rings (SSSR count). The van der Waals surface area contributed by atoms with Crippen molar-refractivity contribution in [3.05, 3.63) is 60.8 Å². The molecule has 3 aromatic rings. The normalized spacial score (nSPS) is 12.0. The number of likely N-dealkylation sites (N-methyl/N-ethyl adjacent to an activating group) is 1. The van der Waals surface area contributed by atoms with Crippen molar-refractivity contribution in [3.8, 4) is 5.75 Å². The Hall–Kier alpha value is -2.31. The first-order valence-corrected chi connectivity index (χ1v) is 9.12. The van der Waals surface area contributed by atoms with E-state index in [9.17, 15) is 8.42 Å². The summed E-state index contributed by atoms with van der Waals surface area (Å²) in [6.07, 6.45) is 1.58. The average Bonchev–Trinajstić information content (AvgIpc) is 2.99. The summed E-state index contributed by atoms with van der Waals surface area (Å²) in [4.78, 5) is 2.22. The smallest absolute Gasteiger partial charge is 0.268 e.